The number of alkyl halides is 4. The maximum absolute atomic E-state index is 13.5. The molecule has 2 nitrogen and oxygen atoms in total. The zero-order chi connectivity index (χ0) is 15.5. The first kappa shape index (κ1) is 16.9. The van der Waals surface area contributed by atoms with E-state index in [-0.39, 0.29) is 17.4 Å². The number of aryl methyl sites for hydroxylation is 1. The number of hydrogen-bond acceptors (Lipinski definition) is 1. The maximum atomic E-state index is 13.5. The quantitative estimate of drug-likeness (QED) is 0.593. The van der Waals surface area contributed by atoms with Crippen molar-refractivity contribution in [2.45, 2.75) is 13.1 Å². The Labute approximate surface area is 120 Å². The van der Waals surface area contributed by atoms with E-state index < -0.39 is 35.8 Å². The molecule has 0 aliphatic rings. The van der Waals surface area contributed by atoms with E-state index in [9.17, 15) is 26.7 Å². The summed E-state index contributed by atoms with van der Waals surface area (Å²) in [4.78, 5) is 12.4. The molecule has 20 heavy (non-hydrogen) atoms. The molecule has 0 aromatic heterocycles. The lowest BCUT2D eigenvalue weighted by Gasteiger charge is -2.23. The van der Waals surface area contributed by atoms with E-state index in [4.69, 9.17) is 0 Å². The fourth-order valence-electron chi connectivity index (χ4n) is 1.56. The average Bonchev–Trinajstić information content (AvgIpc) is 2.31. The second kappa shape index (κ2) is 6.51. The summed E-state index contributed by atoms with van der Waals surface area (Å²) in [6.45, 7) is -0.439. The first-order valence-corrected chi connectivity index (χ1v) is 6.65. The normalized spacial score (nSPS) is 11.6. The van der Waals surface area contributed by atoms with E-state index in [1.807, 2.05) is 0 Å². The van der Waals surface area contributed by atoms with Crippen LogP contribution in [0, 0.1) is 18.6 Å². The zero-order valence-corrected chi connectivity index (χ0v) is 12.0. The molecule has 1 aromatic carbocycles. The summed E-state index contributed by atoms with van der Waals surface area (Å²) in [5.41, 5.74) is -0.588. The van der Waals surface area contributed by atoms with Crippen molar-refractivity contribution in [2.75, 3.05) is 18.4 Å². The number of halogens is 6. The van der Waals surface area contributed by atoms with Gasteiger partial charge in [0.15, 0.2) is 0 Å². The lowest BCUT2D eigenvalue weighted by molar-refractivity contribution is -0.140. The van der Waals surface area contributed by atoms with Gasteiger partial charge in [-0.3, -0.25) is 4.79 Å². The molecule has 0 saturated carbocycles. The molecule has 1 aromatic rings. The molecule has 1 amide bonds. The third-order valence-corrected chi connectivity index (χ3v) is 2.85. The van der Waals surface area contributed by atoms with Gasteiger partial charge >= 0.3 is 6.18 Å². The van der Waals surface area contributed by atoms with Crippen molar-refractivity contribution in [3.05, 3.63) is 34.9 Å². The third-order valence-electron chi connectivity index (χ3n) is 2.49. The first-order chi connectivity index (χ1) is 9.15. The van der Waals surface area contributed by atoms with Crippen LogP contribution >= 0.6 is 15.9 Å². The van der Waals surface area contributed by atoms with Gasteiger partial charge in [0.25, 0.3) is 5.91 Å². The third kappa shape index (κ3) is 4.43. The number of nitrogens with zero attached hydrogens (tertiary/aromatic N) is 1. The zero-order valence-electron chi connectivity index (χ0n) is 10.4. The highest BCUT2D eigenvalue weighted by atomic mass is 79.9. The Morgan fingerprint density at radius 3 is 2.35 bits per heavy atom. The van der Waals surface area contributed by atoms with E-state index >= 15 is 0 Å². The van der Waals surface area contributed by atoms with Crippen molar-refractivity contribution in [3.8, 4) is 0 Å². The molecule has 0 aliphatic carbocycles. The molecule has 0 spiro atoms. The van der Waals surface area contributed by atoms with Crippen molar-refractivity contribution in [3.63, 3.8) is 0 Å². The van der Waals surface area contributed by atoms with E-state index in [0.29, 0.717) is 11.0 Å². The first-order valence-electron chi connectivity index (χ1n) is 5.53. The highest BCUT2D eigenvalue weighted by molar-refractivity contribution is 9.09. The summed E-state index contributed by atoms with van der Waals surface area (Å²) in [6, 6.07) is 1.40. The van der Waals surface area contributed by atoms with E-state index in [2.05, 4.69) is 15.9 Å². The van der Waals surface area contributed by atoms with E-state index in [0.717, 1.165) is 6.07 Å². The van der Waals surface area contributed by atoms with Gasteiger partial charge in [-0.1, -0.05) is 15.9 Å². The van der Waals surface area contributed by atoms with Crippen LogP contribution in [0.25, 0.3) is 0 Å². The Kier molecular flexibility index (Phi) is 5.50. The molecular weight excluding hydrogens is 349 g/mol. The van der Waals surface area contributed by atoms with Gasteiger partial charge in [-0.15, -0.1) is 0 Å². The number of benzene rings is 1. The average molecular weight is 360 g/mol. The van der Waals surface area contributed by atoms with Gasteiger partial charge in [0, 0.05) is 17.9 Å². The summed E-state index contributed by atoms with van der Waals surface area (Å²) >= 11 is 2.93. The molecule has 0 saturated heterocycles. The van der Waals surface area contributed by atoms with Crippen molar-refractivity contribution >= 4 is 21.8 Å². The smallest absolute Gasteiger partial charge is 0.329 e. The molecule has 0 aliphatic heterocycles. The topological polar surface area (TPSA) is 20.3 Å². The van der Waals surface area contributed by atoms with Crippen molar-refractivity contribution in [1.29, 1.82) is 0 Å². The Morgan fingerprint density at radius 2 is 1.85 bits per heavy atom. The highest BCUT2D eigenvalue weighted by Gasteiger charge is 2.33. The minimum Gasteiger partial charge on any atom is -0.329 e. The minimum atomic E-state index is -4.59. The van der Waals surface area contributed by atoms with Crippen LogP contribution in [0.1, 0.15) is 15.9 Å². The van der Waals surface area contributed by atoms with Gasteiger partial charge in [-0.05, 0) is 18.6 Å². The van der Waals surface area contributed by atoms with Gasteiger partial charge in [-0.2, -0.15) is 13.2 Å². The second-order valence-electron chi connectivity index (χ2n) is 4.11. The van der Waals surface area contributed by atoms with Crippen molar-refractivity contribution in [1.82, 2.24) is 4.90 Å². The van der Waals surface area contributed by atoms with Gasteiger partial charge in [0.1, 0.15) is 18.2 Å². The summed E-state index contributed by atoms with van der Waals surface area (Å²) in [5, 5.41) is 0.108. The number of hydrogen-bond donors (Lipinski definition) is 0. The van der Waals surface area contributed by atoms with Crippen LogP contribution in [0.4, 0.5) is 22.0 Å². The Morgan fingerprint density at radius 1 is 1.25 bits per heavy atom. The summed E-state index contributed by atoms with van der Waals surface area (Å²) < 4.78 is 63.8. The van der Waals surface area contributed by atoms with Gasteiger partial charge in [0.2, 0.25) is 0 Å². The van der Waals surface area contributed by atoms with Crippen LogP contribution in [0.15, 0.2) is 12.1 Å². The number of rotatable bonds is 4. The monoisotopic (exact) mass is 359 g/mol. The molecular formula is C12H11BrF5NO. The number of carbonyl (C=O) groups is 1. The van der Waals surface area contributed by atoms with E-state index in [1.54, 1.807) is 0 Å². The largest absolute Gasteiger partial charge is 0.406 e. The molecule has 112 valence electrons. The minimum absolute atomic E-state index is 0.0134. The molecule has 0 heterocycles. The Hall–Kier alpha value is -1.18. The van der Waals surface area contributed by atoms with Gasteiger partial charge in [-0.25, -0.2) is 8.78 Å². The van der Waals surface area contributed by atoms with Crippen molar-refractivity contribution < 1.29 is 26.7 Å². The van der Waals surface area contributed by atoms with Crippen LogP contribution in [0.5, 0.6) is 0 Å². The Balaban J connectivity index is 3.09. The second-order valence-corrected chi connectivity index (χ2v) is 4.91. The molecule has 8 heteroatoms. The molecule has 0 N–H and O–H groups in total. The van der Waals surface area contributed by atoms with Crippen LogP contribution in [-0.4, -0.2) is 35.4 Å². The lowest BCUT2D eigenvalue weighted by atomic mass is 10.1. The standard InChI is InChI=1S/C12H11BrF5NO/c1-7-4-8(10(15)5-9(7)14)11(20)19(3-2-13)6-12(16,17)18/h4-5H,2-3,6H2,1H3. The maximum Gasteiger partial charge on any atom is 0.406 e. The summed E-state index contributed by atoms with van der Waals surface area (Å²) in [5.74, 6) is -3.16. The van der Waals surface area contributed by atoms with Crippen LogP contribution in [0.3, 0.4) is 0 Å². The summed E-state index contributed by atoms with van der Waals surface area (Å²) in [7, 11) is 0. The van der Waals surface area contributed by atoms with E-state index in [1.165, 1.54) is 6.92 Å². The number of carbonyl (C=O) groups excluding carboxylic acids is 1. The summed E-state index contributed by atoms with van der Waals surface area (Å²) in [6.07, 6.45) is -4.59. The number of amides is 1. The predicted molar refractivity (Wildman–Crippen MR) is 66.8 cm³/mol. The SMILES string of the molecule is Cc1cc(C(=O)N(CCBr)CC(F)(F)F)c(F)cc1F. The highest BCUT2D eigenvalue weighted by Crippen LogP contribution is 2.21. The van der Waals surface area contributed by atoms with Crippen LogP contribution in [0.2, 0.25) is 0 Å². The molecule has 0 atom stereocenters. The molecule has 0 bridgehead atoms. The lowest BCUT2D eigenvalue weighted by Crippen LogP contribution is -2.40. The fourth-order valence-corrected chi connectivity index (χ4v) is 1.99. The molecule has 0 unspecified atom stereocenters. The van der Waals surface area contributed by atoms with Gasteiger partial charge < -0.3 is 4.90 Å². The Bertz CT molecular complexity index is 503. The fraction of sp³-hybridized carbons (Fsp3) is 0.417. The molecule has 0 radical (unpaired) electrons. The van der Waals surface area contributed by atoms with Crippen LogP contribution < -0.4 is 0 Å². The van der Waals surface area contributed by atoms with Crippen molar-refractivity contribution in [2.24, 2.45) is 0 Å². The predicted octanol–water partition coefficient (Wildman–Crippen LogP) is 3.67. The molecule has 0 fully saturated rings. The van der Waals surface area contributed by atoms with Crippen LogP contribution in [-0.2, 0) is 0 Å². The molecule has 1 rings (SSSR count). The van der Waals surface area contributed by atoms with Gasteiger partial charge in [0.05, 0.1) is 5.56 Å².